The van der Waals surface area contributed by atoms with Crippen molar-refractivity contribution in [3.05, 3.63) is 35.9 Å². The summed E-state index contributed by atoms with van der Waals surface area (Å²) in [5, 5.41) is 0. The molecule has 2 atom stereocenters. The van der Waals surface area contributed by atoms with Crippen molar-refractivity contribution in [3.63, 3.8) is 0 Å². The largest absolute Gasteiger partial charge is 0.369 e. The molecule has 0 aromatic heterocycles. The molecule has 0 saturated heterocycles. The maximum Gasteiger partial charge on any atom is 0.166 e. The van der Waals surface area contributed by atoms with Crippen LogP contribution in [0.1, 0.15) is 44.8 Å². The van der Waals surface area contributed by atoms with Crippen LogP contribution in [-0.2, 0) is 9.53 Å². The highest BCUT2D eigenvalue weighted by Crippen LogP contribution is 2.22. The Morgan fingerprint density at radius 3 is 2.47 bits per heavy atom. The van der Waals surface area contributed by atoms with E-state index >= 15 is 0 Å². The van der Waals surface area contributed by atoms with Crippen molar-refractivity contribution in [1.82, 2.24) is 0 Å². The summed E-state index contributed by atoms with van der Waals surface area (Å²) in [5.74, 6) is 0.619. The van der Waals surface area contributed by atoms with Gasteiger partial charge >= 0.3 is 0 Å². The van der Waals surface area contributed by atoms with E-state index in [0.717, 1.165) is 18.4 Å². The van der Waals surface area contributed by atoms with Gasteiger partial charge in [0.05, 0.1) is 0 Å². The molecule has 0 fully saturated rings. The first-order valence-electron chi connectivity index (χ1n) is 6.29. The van der Waals surface area contributed by atoms with Crippen LogP contribution in [0.4, 0.5) is 0 Å². The van der Waals surface area contributed by atoms with Crippen LogP contribution in [0, 0.1) is 5.92 Å². The second-order valence-corrected chi connectivity index (χ2v) is 4.59. The fraction of sp³-hybridized carbons (Fsp3) is 0.533. The maximum absolute atomic E-state index is 12.1. The molecule has 2 heteroatoms. The summed E-state index contributed by atoms with van der Waals surface area (Å²) in [6.07, 6.45) is 2.41. The van der Waals surface area contributed by atoms with Crippen LogP contribution in [0.2, 0.25) is 0 Å². The smallest absolute Gasteiger partial charge is 0.166 e. The minimum Gasteiger partial charge on any atom is -0.369 e. The van der Waals surface area contributed by atoms with E-state index in [1.54, 1.807) is 7.11 Å². The van der Waals surface area contributed by atoms with Gasteiger partial charge in [-0.3, -0.25) is 4.79 Å². The molecule has 0 aliphatic carbocycles. The molecule has 0 heterocycles. The van der Waals surface area contributed by atoms with E-state index in [-0.39, 0.29) is 5.78 Å². The van der Waals surface area contributed by atoms with Gasteiger partial charge in [0.25, 0.3) is 0 Å². The Hall–Kier alpha value is -1.15. The number of ether oxygens (including phenoxy) is 1. The summed E-state index contributed by atoms with van der Waals surface area (Å²) in [6, 6.07) is 9.70. The number of Topliss-reactive ketones (excluding diaryl/α,β-unsaturated/α-hetero) is 1. The number of benzene rings is 1. The van der Waals surface area contributed by atoms with E-state index in [1.807, 2.05) is 30.3 Å². The third kappa shape index (κ3) is 4.31. The summed E-state index contributed by atoms with van der Waals surface area (Å²) >= 11 is 0. The molecular formula is C15H22O2. The molecule has 0 spiro atoms. The first-order chi connectivity index (χ1) is 8.19. The zero-order chi connectivity index (χ0) is 12.7. The molecule has 0 amide bonds. The van der Waals surface area contributed by atoms with Gasteiger partial charge in [-0.15, -0.1) is 0 Å². The van der Waals surface area contributed by atoms with Gasteiger partial charge in [-0.1, -0.05) is 57.0 Å². The first-order valence-corrected chi connectivity index (χ1v) is 6.29. The Morgan fingerprint density at radius 2 is 1.94 bits per heavy atom. The summed E-state index contributed by atoms with van der Waals surface area (Å²) in [5.41, 5.74) is 0.948. The monoisotopic (exact) mass is 234 g/mol. The molecule has 0 aliphatic rings. The standard InChI is InChI=1S/C15H22O2/c1-4-8-12(2)11-14(16)15(17-3)13-9-6-5-7-10-13/h5-7,9-10,12,15H,4,8,11H2,1-3H3. The molecule has 0 saturated carbocycles. The highest BCUT2D eigenvalue weighted by Gasteiger charge is 2.21. The highest BCUT2D eigenvalue weighted by molar-refractivity contribution is 5.84. The van der Waals surface area contributed by atoms with Crippen LogP contribution >= 0.6 is 0 Å². The number of hydrogen-bond donors (Lipinski definition) is 0. The van der Waals surface area contributed by atoms with Crippen LogP contribution in [0.15, 0.2) is 30.3 Å². The predicted molar refractivity (Wildman–Crippen MR) is 69.9 cm³/mol. The second-order valence-electron chi connectivity index (χ2n) is 4.59. The number of carbonyl (C=O) groups excluding carboxylic acids is 1. The van der Waals surface area contributed by atoms with Gasteiger partial charge in [0, 0.05) is 13.5 Å². The molecule has 1 aromatic rings. The second kappa shape index (κ2) is 7.23. The van der Waals surface area contributed by atoms with Crippen molar-refractivity contribution in [2.45, 2.75) is 39.2 Å². The third-order valence-corrected chi connectivity index (χ3v) is 2.96. The lowest BCUT2D eigenvalue weighted by Crippen LogP contribution is -2.17. The lowest BCUT2D eigenvalue weighted by atomic mass is 9.94. The Balaban J connectivity index is 2.65. The van der Waals surface area contributed by atoms with Gasteiger partial charge in [0.15, 0.2) is 5.78 Å². The molecule has 17 heavy (non-hydrogen) atoms. The van der Waals surface area contributed by atoms with Crippen molar-refractivity contribution < 1.29 is 9.53 Å². The minimum absolute atomic E-state index is 0.180. The van der Waals surface area contributed by atoms with E-state index in [4.69, 9.17) is 4.74 Å². The van der Waals surface area contributed by atoms with Crippen LogP contribution in [0.25, 0.3) is 0 Å². The van der Waals surface area contributed by atoms with Crippen molar-refractivity contribution in [2.24, 2.45) is 5.92 Å². The Bertz CT molecular complexity index is 332. The Kier molecular flexibility index (Phi) is 5.92. The number of hydrogen-bond acceptors (Lipinski definition) is 2. The van der Waals surface area contributed by atoms with E-state index in [1.165, 1.54) is 0 Å². The summed E-state index contributed by atoms with van der Waals surface area (Å²) in [4.78, 5) is 12.1. The van der Waals surface area contributed by atoms with Crippen molar-refractivity contribution >= 4 is 5.78 Å². The van der Waals surface area contributed by atoms with Gasteiger partial charge in [-0.25, -0.2) is 0 Å². The molecule has 0 aliphatic heterocycles. The zero-order valence-corrected chi connectivity index (χ0v) is 11.0. The lowest BCUT2D eigenvalue weighted by molar-refractivity contribution is -0.130. The highest BCUT2D eigenvalue weighted by atomic mass is 16.5. The molecule has 0 radical (unpaired) electrons. The van der Waals surface area contributed by atoms with Crippen LogP contribution in [-0.4, -0.2) is 12.9 Å². The minimum atomic E-state index is -0.407. The molecular weight excluding hydrogens is 212 g/mol. The average Bonchev–Trinajstić information content (AvgIpc) is 2.31. The van der Waals surface area contributed by atoms with Gasteiger partial charge in [-0.2, -0.15) is 0 Å². The van der Waals surface area contributed by atoms with E-state index < -0.39 is 6.10 Å². The average molecular weight is 234 g/mol. The molecule has 0 bridgehead atoms. The lowest BCUT2D eigenvalue weighted by Gasteiger charge is -2.17. The van der Waals surface area contributed by atoms with Gasteiger partial charge in [0.2, 0.25) is 0 Å². The maximum atomic E-state index is 12.1. The van der Waals surface area contributed by atoms with Gasteiger partial charge in [0.1, 0.15) is 6.10 Å². The molecule has 2 nitrogen and oxygen atoms in total. The molecule has 2 unspecified atom stereocenters. The van der Waals surface area contributed by atoms with Crippen molar-refractivity contribution in [2.75, 3.05) is 7.11 Å². The number of methoxy groups -OCH3 is 1. The van der Waals surface area contributed by atoms with Crippen LogP contribution < -0.4 is 0 Å². The zero-order valence-electron chi connectivity index (χ0n) is 11.0. The number of carbonyl (C=O) groups is 1. The molecule has 94 valence electrons. The van der Waals surface area contributed by atoms with Crippen molar-refractivity contribution in [1.29, 1.82) is 0 Å². The normalized spacial score (nSPS) is 14.3. The SMILES string of the molecule is CCCC(C)CC(=O)C(OC)c1ccccc1. The fourth-order valence-electron chi connectivity index (χ4n) is 2.13. The quantitative estimate of drug-likeness (QED) is 0.718. The molecule has 1 rings (SSSR count). The van der Waals surface area contributed by atoms with Crippen molar-refractivity contribution in [3.8, 4) is 0 Å². The molecule has 1 aromatic carbocycles. The fourth-order valence-corrected chi connectivity index (χ4v) is 2.13. The topological polar surface area (TPSA) is 26.3 Å². The van der Waals surface area contributed by atoms with Crippen LogP contribution in [0.3, 0.4) is 0 Å². The predicted octanol–water partition coefficient (Wildman–Crippen LogP) is 3.77. The number of ketones is 1. The summed E-state index contributed by atoms with van der Waals surface area (Å²) in [7, 11) is 1.60. The number of rotatable bonds is 7. The van der Waals surface area contributed by atoms with Gasteiger partial charge < -0.3 is 4.74 Å². The van der Waals surface area contributed by atoms with E-state index in [0.29, 0.717) is 12.3 Å². The van der Waals surface area contributed by atoms with Gasteiger partial charge in [-0.05, 0) is 11.5 Å². The summed E-state index contributed by atoms with van der Waals surface area (Å²) < 4.78 is 5.33. The summed E-state index contributed by atoms with van der Waals surface area (Å²) in [6.45, 7) is 4.27. The van der Waals surface area contributed by atoms with E-state index in [2.05, 4.69) is 13.8 Å². The third-order valence-electron chi connectivity index (χ3n) is 2.96. The Morgan fingerprint density at radius 1 is 1.29 bits per heavy atom. The van der Waals surface area contributed by atoms with Crippen LogP contribution in [0.5, 0.6) is 0 Å². The first kappa shape index (κ1) is 13.9. The Labute approximate surface area is 104 Å². The van der Waals surface area contributed by atoms with E-state index in [9.17, 15) is 4.79 Å². The molecule has 0 N–H and O–H groups in total.